The summed E-state index contributed by atoms with van der Waals surface area (Å²) in [4.78, 5) is 17.3. The zero-order valence-corrected chi connectivity index (χ0v) is 11.9. The van der Waals surface area contributed by atoms with E-state index in [2.05, 4.69) is 0 Å². The van der Waals surface area contributed by atoms with Gasteiger partial charge in [-0.3, -0.25) is 4.57 Å². The van der Waals surface area contributed by atoms with Crippen LogP contribution in [-0.2, 0) is 12.8 Å². The molecule has 2 aromatic rings. The van der Waals surface area contributed by atoms with Gasteiger partial charge in [0.15, 0.2) is 5.13 Å². The second-order valence-corrected chi connectivity index (χ2v) is 6.06. The van der Waals surface area contributed by atoms with Crippen LogP contribution in [0.4, 0.5) is 0 Å². The van der Waals surface area contributed by atoms with E-state index in [0.29, 0.717) is 5.56 Å². The van der Waals surface area contributed by atoms with E-state index in [1.165, 1.54) is 23.4 Å². The Bertz CT molecular complexity index is 631. The zero-order valence-electron chi connectivity index (χ0n) is 11.1. The van der Waals surface area contributed by atoms with E-state index in [0.717, 1.165) is 29.4 Å². The van der Waals surface area contributed by atoms with Crippen LogP contribution in [0.5, 0.6) is 0 Å². The number of hydrogen-bond acceptors (Lipinski definition) is 3. The standard InChI is InChI=1S/C14H16N2O2S/c1-8-7-10(13(17)18)9(2)16(8)14-15-11-5-3-4-6-12(11)19-14/h7H,3-6H2,1-2H3,(H,17,18). The Kier molecular flexibility index (Phi) is 2.93. The highest BCUT2D eigenvalue weighted by atomic mass is 32.1. The Balaban J connectivity index is 2.11. The molecule has 1 aliphatic rings. The molecule has 0 atom stereocenters. The lowest BCUT2D eigenvalue weighted by Crippen LogP contribution is -2.03. The second-order valence-electron chi connectivity index (χ2n) is 5.00. The minimum absolute atomic E-state index is 0.366. The number of hydrogen-bond donors (Lipinski definition) is 1. The van der Waals surface area contributed by atoms with Crippen molar-refractivity contribution in [1.82, 2.24) is 9.55 Å². The predicted octanol–water partition coefficient (Wildman–Crippen LogP) is 3.13. The molecule has 0 amide bonds. The van der Waals surface area contributed by atoms with Crippen LogP contribution in [0.15, 0.2) is 6.07 Å². The number of aryl methyl sites for hydroxylation is 3. The maximum Gasteiger partial charge on any atom is 0.337 e. The summed E-state index contributed by atoms with van der Waals surface area (Å²) in [5.41, 5.74) is 3.26. The third-order valence-corrected chi connectivity index (χ3v) is 4.83. The molecule has 100 valence electrons. The number of nitrogens with zero attached hydrogens (tertiary/aromatic N) is 2. The number of carboxylic acids is 1. The van der Waals surface area contributed by atoms with Crippen molar-refractivity contribution in [2.45, 2.75) is 39.5 Å². The molecule has 5 heteroatoms. The van der Waals surface area contributed by atoms with Gasteiger partial charge in [0.1, 0.15) is 0 Å². The van der Waals surface area contributed by atoms with Gasteiger partial charge < -0.3 is 5.11 Å². The summed E-state index contributed by atoms with van der Waals surface area (Å²) in [6, 6.07) is 1.72. The SMILES string of the molecule is Cc1cc(C(=O)O)c(C)n1-c1nc2c(s1)CCCC2. The van der Waals surface area contributed by atoms with Crippen LogP contribution in [0.2, 0.25) is 0 Å². The molecule has 19 heavy (non-hydrogen) atoms. The zero-order chi connectivity index (χ0) is 13.6. The summed E-state index contributed by atoms with van der Waals surface area (Å²) < 4.78 is 1.96. The van der Waals surface area contributed by atoms with Crippen molar-refractivity contribution in [1.29, 1.82) is 0 Å². The van der Waals surface area contributed by atoms with Gasteiger partial charge in [0.25, 0.3) is 0 Å². The van der Waals surface area contributed by atoms with Crippen molar-refractivity contribution in [3.8, 4) is 5.13 Å². The van der Waals surface area contributed by atoms with Crippen molar-refractivity contribution in [2.75, 3.05) is 0 Å². The van der Waals surface area contributed by atoms with Crippen LogP contribution in [0.25, 0.3) is 5.13 Å². The average Bonchev–Trinajstić information content (AvgIpc) is 2.90. The Morgan fingerprint density at radius 3 is 2.74 bits per heavy atom. The summed E-state index contributed by atoms with van der Waals surface area (Å²) in [5.74, 6) is -0.874. The number of rotatable bonds is 2. The molecule has 2 heterocycles. The van der Waals surface area contributed by atoms with Crippen molar-refractivity contribution in [3.63, 3.8) is 0 Å². The van der Waals surface area contributed by atoms with E-state index in [4.69, 9.17) is 4.98 Å². The molecule has 0 saturated carbocycles. The fourth-order valence-corrected chi connectivity index (χ4v) is 3.97. The number of carbonyl (C=O) groups is 1. The topological polar surface area (TPSA) is 55.1 Å². The molecule has 4 nitrogen and oxygen atoms in total. The van der Waals surface area contributed by atoms with Crippen LogP contribution in [0.3, 0.4) is 0 Å². The Morgan fingerprint density at radius 2 is 2.11 bits per heavy atom. The third kappa shape index (κ3) is 1.98. The lowest BCUT2D eigenvalue weighted by Gasteiger charge is -2.06. The number of aromatic carboxylic acids is 1. The molecule has 1 aliphatic carbocycles. The Morgan fingerprint density at radius 1 is 1.37 bits per heavy atom. The fraction of sp³-hybridized carbons (Fsp3) is 0.429. The molecule has 0 bridgehead atoms. The summed E-state index contributed by atoms with van der Waals surface area (Å²) >= 11 is 1.70. The van der Waals surface area contributed by atoms with Crippen LogP contribution < -0.4 is 0 Å². The number of fused-ring (bicyclic) bond motifs is 1. The van der Waals surface area contributed by atoms with Crippen LogP contribution >= 0.6 is 11.3 Å². The molecule has 0 aromatic carbocycles. The van der Waals surface area contributed by atoms with E-state index in [9.17, 15) is 9.90 Å². The molecule has 0 unspecified atom stereocenters. The van der Waals surface area contributed by atoms with E-state index in [1.54, 1.807) is 17.4 Å². The first-order chi connectivity index (χ1) is 9.08. The molecule has 0 radical (unpaired) electrons. The Hall–Kier alpha value is -1.62. The number of thiazole rings is 1. The van der Waals surface area contributed by atoms with Crippen LogP contribution in [0.1, 0.15) is 45.2 Å². The molecular formula is C14H16N2O2S. The first-order valence-electron chi connectivity index (χ1n) is 6.49. The first kappa shape index (κ1) is 12.4. The van der Waals surface area contributed by atoms with Crippen LogP contribution in [-0.4, -0.2) is 20.6 Å². The summed E-state index contributed by atoms with van der Waals surface area (Å²) in [6.45, 7) is 3.77. The van der Waals surface area contributed by atoms with Gasteiger partial charge in [0, 0.05) is 16.3 Å². The number of aromatic nitrogens is 2. The van der Waals surface area contributed by atoms with Crippen molar-refractivity contribution < 1.29 is 9.90 Å². The van der Waals surface area contributed by atoms with Gasteiger partial charge >= 0.3 is 5.97 Å². The monoisotopic (exact) mass is 276 g/mol. The molecule has 0 saturated heterocycles. The summed E-state index contributed by atoms with van der Waals surface area (Å²) in [6.07, 6.45) is 4.61. The lowest BCUT2D eigenvalue weighted by molar-refractivity contribution is 0.0696. The van der Waals surface area contributed by atoms with Gasteiger partial charge in [0.2, 0.25) is 0 Å². The van der Waals surface area contributed by atoms with Crippen molar-refractivity contribution in [3.05, 3.63) is 33.6 Å². The van der Waals surface area contributed by atoms with E-state index in [-0.39, 0.29) is 0 Å². The predicted molar refractivity (Wildman–Crippen MR) is 74.5 cm³/mol. The largest absolute Gasteiger partial charge is 0.478 e. The van der Waals surface area contributed by atoms with Gasteiger partial charge in [-0.15, -0.1) is 11.3 Å². The first-order valence-corrected chi connectivity index (χ1v) is 7.30. The second kappa shape index (κ2) is 4.49. The van der Waals surface area contributed by atoms with Crippen LogP contribution in [0, 0.1) is 13.8 Å². The lowest BCUT2D eigenvalue weighted by atomic mass is 10.0. The fourth-order valence-electron chi connectivity index (χ4n) is 2.71. The summed E-state index contributed by atoms with van der Waals surface area (Å²) in [5, 5.41) is 10.1. The average molecular weight is 276 g/mol. The van der Waals surface area contributed by atoms with Gasteiger partial charge in [-0.2, -0.15) is 0 Å². The maximum absolute atomic E-state index is 11.2. The van der Waals surface area contributed by atoms with Gasteiger partial charge in [-0.25, -0.2) is 9.78 Å². The highest BCUT2D eigenvalue weighted by Crippen LogP contribution is 2.31. The third-order valence-electron chi connectivity index (χ3n) is 3.69. The van der Waals surface area contributed by atoms with Gasteiger partial charge in [0.05, 0.1) is 11.3 Å². The molecular weight excluding hydrogens is 260 g/mol. The van der Waals surface area contributed by atoms with Gasteiger partial charge in [-0.1, -0.05) is 0 Å². The van der Waals surface area contributed by atoms with E-state index < -0.39 is 5.97 Å². The minimum Gasteiger partial charge on any atom is -0.478 e. The van der Waals surface area contributed by atoms with Gasteiger partial charge in [-0.05, 0) is 45.6 Å². The molecule has 3 rings (SSSR count). The highest BCUT2D eigenvalue weighted by Gasteiger charge is 2.20. The van der Waals surface area contributed by atoms with Crippen molar-refractivity contribution >= 4 is 17.3 Å². The molecule has 0 aliphatic heterocycles. The normalized spacial score (nSPS) is 14.4. The van der Waals surface area contributed by atoms with Crippen molar-refractivity contribution in [2.24, 2.45) is 0 Å². The highest BCUT2D eigenvalue weighted by molar-refractivity contribution is 7.14. The van der Waals surface area contributed by atoms with E-state index in [1.807, 2.05) is 18.4 Å². The molecule has 0 spiro atoms. The van der Waals surface area contributed by atoms with E-state index >= 15 is 0 Å². The molecule has 0 fully saturated rings. The summed E-state index contributed by atoms with van der Waals surface area (Å²) in [7, 11) is 0. The molecule has 1 N–H and O–H groups in total. The smallest absolute Gasteiger partial charge is 0.337 e. The maximum atomic E-state index is 11.2. The number of carboxylic acid groups (broad SMARTS) is 1. The quantitative estimate of drug-likeness (QED) is 0.916. The Labute approximate surface area is 115 Å². The molecule has 2 aromatic heterocycles. The minimum atomic E-state index is -0.874.